The number of methoxy groups -OCH3 is 2. The van der Waals surface area contributed by atoms with Gasteiger partial charge >= 0.3 is 0 Å². The van der Waals surface area contributed by atoms with Crippen LogP contribution in [-0.4, -0.2) is 32.1 Å². The van der Waals surface area contributed by atoms with Gasteiger partial charge < -0.3 is 24.4 Å². The standard InChI is InChI=1S/C25H23ClN2O5/c1-15-25(30)28(14-16-5-4-6-18(26)11-16)20-13-19(8-10-21(20)33-15)27-24(29)17-7-9-22(31-2)23(12-17)32-3/h4-13,15H,14H2,1-3H3,(H,27,29). The predicted octanol–water partition coefficient (Wildman–Crippen LogP) is 4.92. The van der Waals surface area contributed by atoms with E-state index in [4.69, 9.17) is 25.8 Å². The van der Waals surface area contributed by atoms with Crippen LogP contribution in [0.15, 0.2) is 60.7 Å². The second kappa shape index (κ2) is 9.42. The number of ether oxygens (including phenoxy) is 3. The van der Waals surface area contributed by atoms with Gasteiger partial charge in [-0.3, -0.25) is 9.59 Å². The van der Waals surface area contributed by atoms with Gasteiger partial charge in [0.2, 0.25) is 0 Å². The highest BCUT2D eigenvalue weighted by Crippen LogP contribution is 2.37. The van der Waals surface area contributed by atoms with Crippen molar-refractivity contribution in [2.45, 2.75) is 19.6 Å². The van der Waals surface area contributed by atoms with E-state index in [1.54, 1.807) is 54.3 Å². The van der Waals surface area contributed by atoms with Gasteiger partial charge in [-0.05, 0) is 61.0 Å². The largest absolute Gasteiger partial charge is 0.493 e. The number of fused-ring (bicyclic) bond motifs is 1. The molecule has 1 aliphatic heterocycles. The second-order valence-corrected chi connectivity index (χ2v) is 7.96. The van der Waals surface area contributed by atoms with Crippen LogP contribution in [0.2, 0.25) is 5.02 Å². The summed E-state index contributed by atoms with van der Waals surface area (Å²) in [6, 6.07) is 17.5. The summed E-state index contributed by atoms with van der Waals surface area (Å²) < 4.78 is 16.3. The Labute approximate surface area is 196 Å². The molecular formula is C25H23ClN2O5. The molecule has 1 atom stereocenters. The van der Waals surface area contributed by atoms with E-state index in [1.807, 2.05) is 18.2 Å². The SMILES string of the molecule is COc1ccc(C(=O)Nc2ccc3c(c2)N(Cc2cccc(Cl)c2)C(=O)C(C)O3)cc1OC. The average Bonchev–Trinajstić information content (AvgIpc) is 2.82. The molecule has 0 saturated heterocycles. The van der Waals surface area contributed by atoms with Crippen molar-refractivity contribution in [1.29, 1.82) is 0 Å². The molecule has 0 fully saturated rings. The molecule has 0 radical (unpaired) electrons. The van der Waals surface area contributed by atoms with E-state index in [0.717, 1.165) is 5.56 Å². The van der Waals surface area contributed by atoms with Crippen molar-refractivity contribution >= 4 is 34.8 Å². The van der Waals surface area contributed by atoms with Crippen LogP contribution in [0, 0.1) is 0 Å². The summed E-state index contributed by atoms with van der Waals surface area (Å²) >= 11 is 6.12. The van der Waals surface area contributed by atoms with Crippen molar-refractivity contribution < 1.29 is 23.8 Å². The highest BCUT2D eigenvalue weighted by molar-refractivity contribution is 6.30. The van der Waals surface area contributed by atoms with E-state index in [9.17, 15) is 9.59 Å². The Hall–Kier alpha value is -3.71. The zero-order chi connectivity index (χ0) is 23.5. The van der Waals surface area contributed by atoms with Crippen LogP contribution in [-0.2, 0) is 11.3 Å². The van der Waals surface area contributed by atoms with Gasteiger partial charge in [-0.25, -0.2) is 0 Å². The lowest BCUT2D eigenvalue weighted by Crippen LogP contribution is -2.44. The molecule has 2 amide bonds. The summed E-state index contributed by atoms with van der Waals surface area (Å²) in [6.45, 7) is 2.04. The minimum atomic E-state index is -0.621. The van der Waals surface area contributed by atoms with E-state index >= 15 is 0 Å². The highest BCUT2D eigenvalue weighted by atomic mass is 35.5. The lowest BCUT2D eigenvalue weighted by molar-refractivity contribution is -0.125. The van der Waals surface area contributed by atoms with Crippen molar-refractivity contribution in [3.8, 4) is 17.2 Å². The first kappa shape index (κ1) is 22.5. The van der Waals surface area contributed by atoms with Crippen molar-refractivity contribution in [3.05, 3.63) is 76.8 Å². The fraction of sp³-hybridized carbons (Fsp3) is 0.200. The Balaban J connectivity index is 1.61. The Morgan fingerprint density at radius 1 is 1.06 bits per heavy atom. The number of hydrogen-bond acceptors (Lipinski definition) is 5. The van der Waals surface area contributed by atoms with Crippen LogP contribution >= 0.6 is 11.6 Å². The summed E-state index contributed by atoms with van der Waals surface area (Å²) in [7, 11) is 3.04. The molecular weight excluding hydrogens is 444 g/mol. The topological polar surface area (TPSA) is 77.1 Å². The maximum Gasteiger partial charge on any atom is 0.268 e. The number of anilines is 2. The molecule has 1 unspecified atom stereocenters. The summed E-state index contributed by atoms with van der Waals surface area (Å²) in [4.78, 5) is 27.4. The van der Waals surface area contributed by atoms with Crippen LogP contribution in [0.1, 0.15) is 22.8 Å². The molecule has 3 aromatic carbocycles. The molecule has 33 heavy (non-hydrogen) atoms. The number of nitrogens with one attached hydrogen (secondary N) is 1. The van der Waals surface area contributed by atoms with E-state index < -0.39 is 6.10 Å². The summed E-state index contributed by atoms with van der Waals surface area (Å²) in [5, 5.41) is 3.46. The van der Waals surface area contributed by atoms with Gasteiger partial charge in [-0.1, -0.05) is 23.7 Å². The fourth-order valence-corrected chi connectivity index (χ4v) is 3.86. The molecule has 0 bridgehead atoms. The minimum Gasteiger partial charge on any atom is -0.493 e. The van der Waals surface area contributed by atoms with Crippen LogP contribution in [0.3, 0.4) is 0 Å². The van der Waals surface area contributed by atoms with Crippen molar-refractivity contribution in [2.75, 3.05) is 24.4 Å². The van der Waals surface area contributed by atoms with Gasteiger partial charge in [0, 0.05) is 16.3 Å². The highest BCUT2D eigenvalue weighted by Gasteiger charge is 2.32. The maximum absolute atomic E-state index is 12.9. The molecule has 4 rings (SSSR count). The third-order valence-electron chi connectivity index (χ3n) is 5.30. The average molecular weight is 467 g/mol. The van der Waals surface area contributed by atoms with Crippen molar-refractivity contribution in [1.82, 2.24) is 0 Å². The maximum atomic E-state index is 12.9. The normalized spacial score (nSPS) is 14.8. The molecule has 0 saturated carbocycles. The monoisotopic (exact) mass is 466 g/mol. The predicted molar refractivity (Wildman–Crippen MR) is 127 cm³/mol. The summed E-state index contributed by atoms with van der Waals surface area (Å²) in [5.74, 6) is 1.05. The van der Waals surface area contributed by atoms with E-state index in [-0.39, 0.29) is 11.8 Å². The Morgan fingerprint density at radius 3 is 2.58 bits per heavy atom. The Kier molecular flexibility index (Phi) is 6.42. The second-order valence-electron chi connectivity index (χ2n) is 7.52. The summed E-state index contributed by atoms with van der Waals surface area (Å²) in [5.41, 5.74) is 2.39. The number of carbonyl (C=O) groups is 2. The number of benzene rings is 3. The van der Waals surface area contributed by atoms with E-state index in [2.05, 4.69) is 5.32 Å². The third kappa shape index (κ3) is 4.73. The lowest BCUT2D eigenvalue weighted by Gasteiger charge is -2.33. The minimum absolute atomic E-state index is 0.175. The number of carbonyl (C=O) groups excluding carboxylic acids is 2. The van der Waals surface area contributed by atoms with Crippen molar-refractivity contribution in [2.24, 2.45) is 0 Å². The molecule has 0 spiro atoms. The molecule has 170 valence electrons. The zero-order valence-corrected chi connectivity index (χ0v) is 19.2. The van der Waals surface area contributed by atoms with Gasteiger partial charge in [-0.15, -0.1) is 0 Å². The van der Waals surface area contributed by atoms with Gasteiger partial charge in [0.1, 0.15) is 5.75 Å². The first-order chi connectivity index (χ1) is 15.9. The molecule has 1 heterocycles. The van der Waals surface area contributed by atoms with Gasteiger partial charge in [0.25, 0.3) is 11.8 Å². The van der Waals surface area contributed by atoms with Crippen LogP contribution in [0.25, 0.3) is 0 Å². The Morgan fingerprint density at radius 2 is 1.85 bits per heavy atom. The summed E-state index contributed by atoms with van der Waals surface area (Å²) in [6.07, 6.45) is -0.621. The number of hydrogen-bond donors (Lipinski definition) is 1. The third-order valence-corrected chi connectivity index (χ3v) is 5.54. The molecule has 0 aromatic heterocycles. The zero-order valence-electron chi connectivity index (χ0n) is 18.4. The smallest absolute Gasteiger partial charge is 0.268 e. The van der Waals surface area contributed by atoms with Gasteiger partial charge in [0.05, 0.1) is 26.5 Å². The van der Waals surface area contributed by atoms with Crippen molar-refractivity contribution in [3.63, 3.8) is 0 Å². The van der Waals surface area contributed by atoms with Crippen LogP contribution in [0.4, 0.5) is 11.4 Å². The molecule has 7 nitrogen and oxygen atoms in total. The number of halogens is 1. The van der Waals surface area contributed by atoms with Gasteiger partial charge in [0.15, 0.2) is 17.6 Å². The van der Waals surface area contributed by atoms with Crippen LogP contribution < -0.4 is 24.4 Å². The molecule has 0 aliphatic carbocycles. The molecule has 1 aliphatic rings. The molecule has 3 aromatic rings. The fourth-order valence-electron chi connectivity index (χ4n) is 3.65. The van der Waals surface area contributed by atoms with E-state index in [0.29, 0.717) is 45.8 Å². The van der Waals surface area contributed by atoms with E-state index in [1.165, 1.54) is 14.2 Å². The number of nitrogens with zero attached hydrogens (tertiary/aromatic N) is 1. The number of rotatable bonds is 6. The molecule has 8 heteroatoms. The number of amides is 2. The first-order valence-corrected chi connectivity index (χ1v) is 10.7. The van der Waals surface area contributed by atoms with Gasteiger partial charge in [-0.2, -0.15) is 0 Å². The molecule has 1 N–H and O–H groups in total. The Bertz CT molecular complexity index is 1210. The first-order valence-electron chi connectivity index (χ1n) is 10.3. The quantitative estimate of drug-likeness (QED) is 0.557. The lowest BCUT2D eigenvalue weighted by atomic mass is 10.1. The van der Waals surface area contributed by atoms with Crippen LogP contribution in [0.5, 0.6) is 17.2 Å².